The van der Waals surface area contributed by atoms with Gasteiger partial charge in [-0.3, -0.25) is 10.7 Å². The smallest absolute Gasteiger partial charge is 0.340 e. The molecule has 0 aliphatic carbocycles. The Bertz CT molecular complexity index is 360. The number of hydrogen-bond donors (Lipinski definition) is 2. The fourth-order valence-corrected chi connectivity index (χ4v) is 1.07. The standard InChI is InChI=1S/C10H11NO3/c1-3-7-4-5-8(10(12)14-2)9(6-7)11-13/h3-6,11,13H,1H2,2H3. The first-order valence-corrected chi connectivity index (χ1v) is 3.98. The highest BCUT2D eigenvalue weighted by Gasteiger charge is 2.10. The van der Waals surface area contributed by atoms with E-state index >= 15 is 0 Å². The molecule has 0 spiro atoms. The first-order chi connectivity index (χ1) is 6.72. The van der Waals surface area contributed by atoms with Crippen LogP contribution in [-0.2, 0) is 4.74 Å². The molecule has 0 aliphatic rings. The summed E-state index contributed by atoms with van der Waals surface area (Å²) in [4.78, 5) is 11.2. The zero-order valence-corrected chi connectivity index (χ0v) is 7.78. The van der Waals surface area contributed by atoms with Crippen LogP contribution in [0.15, 0.2) is 24.8 Å². The van der Waals surface area contributed by atoms with Crippen LogP contribution in [-0.4, -0.2) is 18.3 Å². The van der Waals surface area contributed by atoms with E-state index in [1.54, 1.807) is 24.3 Å². The summed E-state index contributed by atoms with van der Waals surface area (Å²) >= 11 is 0. The van der Waals surface area contributed by atoms with Crippen LogP contribution in [0.1, 0.15) is 15.9 Å². The molecule has 14 heavy (non-hydrogen) atoms. The Labute approximate surface area is 81.8 Å². The molecule has 0 atom stereocenters. The van der Waals surface area contributed by atoms with Gasteiger partial charge in [0.05, 0.1) is 18.4 Å². The molecule has 0 aliphatic heterocycles. The molecule has 1 aromatic rings. The molecule has 0 radical (unpaired) electrons. The summed E-state index contributed by atoms with van der Waals surface area (Å²) in [6, 6.07) is 4.86. The second-order valence-electron chi connectivity index (χ2n) is 2.61. The molecule has 0 amide bonds. The number of rotatable bonds is 3. The lowest BCUT2D eigenvalue weighted by Gasteiger charge is -2.06. The zero-order chi connectivity index (χ0) is 10.6. The van der Waals surface area contributed by atoms with E-state index in [-0.39, 0.29) is 5.56 Å². The van der Waals surface area contributed by atoms with Gasteiger partial charge in [0, 0.05) is 0 Å². The number of nitrogens with one attached hydrogen (secondary N) is 1. The number of methoxy groups -OCH3 is 1. The summed E-state index contributed by atoms with van der Waals surface area (Å²) in [6.45, 7) is 3.58. The minimum absolute atomic E-state index is 0.278. The maximum absolute atomic E-state index is 11.2. The normalized spacial score (nSPS) is 9.29. The van der Waals surface area contributed by atoms with E-state index in [9.17, 15) is 4.79 Å². The Morgan fingerprint density at radius 2 is 2.36 bits per heavy atom. The lowest BCUT2D eigenvalue weighted by atomic mass is 10.1. The van der Waals surface area contributed by atoms with Crippen molar-refractivity contribution in [1.82, 2.24) is 0 Å². The quantitative estimate of drug-likeness (QED) is 0.568. The first-order valence-electron chi connectivity index (χ1n) is 3.98. The maximum atomic E-state index is 11.2. The molecular formula is C10H11NO3. The molecule has 4 heteroatoms. The van der Waals surface area contributed by atoms with Crippen molar-refractivity contribution >= 4 is 17.7 Å². The fourth-order valence-electron chi connectivity index (χ4n) is 1.07. The maximum Gasteiger partial charge on any atom is 0.340 e. The average Bonchev–Trinajstić information content (AvgIpc) is 2.27. The van der Waals surface area contributed by atoms with Gasteiger partial charge in [-0.2, -0.15) is 0 Å². The molecule has 74 valence electrons. The SMILES string of the molecule is C=Cc1ccc(C(=O)OC)c(NO)c1. The summed E-state index contributed by atoms with van der Waals surface area (Å²) < 4.78 is 4.54. The average molecular weight is 193 g/mol. The van der Waals surface area contributed by atoms with Gasteiger partial charge in [-0.05, 0) is 17.7 Å². The largest absolute Gasteiger partial charge is 0.465 e. The highest BCUT2D eigenvalue weighted by atomic mass is 16.5. The van der Waals surface area contributed by atoms with Crippen molar-refractivity contribution in [3.8, 4) is 0 Å². The van der Waals surface area contributed by atoms with E-state index in [1.807, 2.05) is 5.48 Å². The van der Waals surface area contributed by atoms with E-state index in [0.29, 0.717) is 5.69 Å². The summed E-state index contributed by atoms with van der Waals surface area (Å²) in [5.74, 6) is -0.503. The van der Waals surface area contributed by atoms with E-state index in [4.69, 9.17) is 5.21 Å². The molecule has 0 aromatic heterocycles. The molecule has 2 N–H and O–H groups in total. The Hall–Kier alpha value is -1.81. The number of ether oxygens (including phenoxy) is 1. The minimum Gasteiger partial charge on any atom is -0.465 e. The van der Waals surface area contributed by atoms with Crippen molar-refractivity contribution < 1.29 is 14.7 Å². The summed E-state index contributed by atoms with van der Waals surface area (Å²) in [5.41, 5.74) is 3.32. The molecule has 0 bridgehead atoms. The third kappa shape index (κ3) is 1.92. The minimum atomic E-state index is -0.503. The van der Waals surface area contributed by atoms with Gasteiger partial charge >= 0.3 is 5.97 Å². The second kappa shape index (κ2) is 4.43. The first kappa shape index (κ1) is 10.3. The van der Waals surface area contributed by atoms with Crippen molar-refractivity contribution in [2.24, 2.45) is 0 Å². The van der Waals surface area contributed by atoms with E-state index in [0.717, 1.165) is 5.56 Å². The molecule has 1 aromatic carbocycles. The van der Waals surface area contributed by atoms with Crippen LogP contribution < -0.4 is 5.48 Å². The molecule has 1 rings (SSSR count). The van der Waals surface area contributed by atoms with Gasteiger partial charge in [0.1, 0.15) is 0 Å². The van der Waals surface area contributed by atoms with Gasteiger partial charge in [0.15, 0.2) is 0 Å². The summed E-state index contributed by atoms with van der Waals surface area (Å²) in [5, 5.41) is 8.79. The molecule has 0 saturated heterocycles. The number of carbonyl (C=O) groups excluding carboxylic acids is 1. The van der Waals surface area contributed by atoms with E-state index < -0.39 is 5.97 Å². The number of hydrogen-bond acceptors (Lipinski definition) is 4. The lowest BCUT2D eigenvalue weighted by molar-refractivity contribution is 0.0601. The molecule has 0 fully saturated rings. The number of carbonyl (C=O) groups is 1. The molecular weight excluding hydrogens is 182 g/mol. The van der Waals surface area contributed by atoms with Crippen LogP contribution in [0.3, 0.4) is 0 Å². The van der Waals surface area contributed by atoms with Gasteiger partial charge in [-0.15, -0.1) is 0 Å². The van der Waals surface area contributed by atoms with Crippen LogP contribution in [0.5, 0.6) is 0 Å². The fraction of sp³-hybridized carbons (Fsp3) is 0.100. The van der Waals surface area contributed by atoms with Gasteiger partial charge in [-0.1, -0.05) is 18.7 Å². The third-order valence-electron chi connectivity index (χ3n) is 1.81. The Morgan fingerprint density at radius 3 is 2.86 bits per heavy atom. The van der Waals surface area contributed by atoms with Gasteiger partial charge in [0.25, 0.3) is 0 Å². The molecule has 0 saturated carbocycles. The summed E-state index contributed by atoms with van der Waals surface area (Å²) in [7, 11) is 1.28. The molecule has 0 unspecified atom stereocenters. The predicted molar refractivity (Wildman–Crippen MR) is 53.3 cm³/mol. The van der Waals surface area contributed by atoms with Gasteiger partial charge in [0.2, 0.25) is 0 Å². The lowest BCUT2D eigenvalue weighted by Crippen LogP contribution is -2.05. The van der Waals surface area contributed by atoms with Gasteiger partial charge in [-0.25, -0.2) is 4.79 Å². The van der Waals surface area contributed by atoms with Gasteiger partial charge < -0.3 is 4.74 Å². The number of benzene rings is 1. The van der Waals surface area contributed by atoms with Crippen LogP contribution in [0, 0.1) is 0 Å². The van der Waals surface area contributed by atoms with Crippen molar-refractivity contribution in [2.75, 3.05) is 12.6 Å². The number of esters is 1. The third-order valence-corrected chi connectivity index (χ3v) is 1.81. The highest BCUT2D eigenvalue weighted by molar-refractivity contribution is 5.95. The summed E-state index contributed by atoms with van der Waals surface area (Å²) in [6.07, 6.45) is 1.61. The van der Waals surface area contributed by atoms with E-state index in [1.165, 1.54) is 7.11 Å². The van der Waals surface area contributed by atoms with Crippen LogP contribution in [0.4, 0.5) is 5.69 Å². The topological polar surface area (TPSA) is 58.6 Å². The Balaban J connectivity index is 3.17. The van der Waals surface area contributed by atoms with Crippen LogP contribution in [0.25, 0.3) is 6.08 Å². The Morgan fingerprint density at radius 1 is 1.64 bits per heavy atom. The highest BCUT2D eigenvalue weighted by Crippen LogP contribution is 2.18. The Kier molecular flexibility index (Phi) is 3.25. The molecule has 4 nitrogen and oxygen atoms in total. The van der Waals surface area contributed by atoms with Crippen LogP contribution in [0.2, 0.25) is 0 Å². The van der Waals surface area contributed by atoms with Crippen molar-refractivity contribution in [3.63, 3.8) is 0 Å². The van der Waals surface area contributed by atoms with Crippen LogP contribution >= 0.6 is 0 Å². The predicted octanol–water partition coefficient (Wildman–Crippen LogP) is 1.92. The van der Waals surface area contributed by atoms with Crippen molar-refractivity contribution in [1.29, 1.82) is 0 Å². The van der Waals surface area contributed by atoms with Crippen molar-refractivity contribution in [2.45, 2.75) is 0 Å². The van der Waals surface area contributed by atoms with E-state index in [2.05, 4.69) is 11.3 Å². The monoisotopic (exact) mass is 193 g/mol. The molecule has 0 heterocycles. The zero-order valence-electron chi connectivity index (χ0n) is 7.78. The number of anilines is 1. The second-order valence-corrected chi connectivity index (χ2v) is 2.61. The van der Waals surface area contributed by atoms with Crippen molar-refractivity contribution in [3.05, 3.63) is 35.9 Å².